The van der Waals surface area contributed by atoms with Crippen LogP contribution in [-0.4, -0.2) is 23.1 Å². The molecule has 1 aliphatic rings. The van der Waals surface area contributed by atoms with E-state index in [0.717, 1.165) is 29.4 Å². The first kappa shape index (κ1) is 10.9. The molecule has 0 N–H and O–H groups in total. The maximum absolute atomic E-state index is 4.34. The van der Waals surface area contributed by atoms with Gasteiger partial charge in [0.25, 0.3) is 0 Å². The van der Waals surface area contributed by atoms with Crippen molar-refractivity contribution in [3.63, 3.8) is 0 Å². The van der Waals surface area contributed by atoms with E-state index in [0.29, 0.717) is 0 Å². The summed E-state index contributed by atoms with van der Waals surface area (Å²) < 4.78 is 0.940. The van der Waals surface area contributed by atoms with Crippen molar-refractivity contribution in [2.24, 2.45) is 5.92 Å². The van der Waals surface area contributed by atoms with Crippen LogP contribution in [0.4, 0.5) is 5.95 Å². The minimum atomic E-state index is 0.811. The number of hydrogen-bond donors (Lipinski definition) is 0. The Morgan fingerprint density at radius 2 is 2.20 bits per heavy atom. The molecule has 2 rings (SSSR count). The highest BCUT2D eigenvalue weighted by atomic mass is 79.9. The Bertz CT molecular complexity index is 312. The quantitative estimate of drug-likeness (QED) is 0.827. The molecule has 0 radical (unpaired) electrons. The molecular weight excluding hydrogens is 254 g/mol. The largest absolute Gasteiger partial charge is 0.341 e. The fourth-order valence-corrected chi connectivity index (χ4v) is 2.25. The average Bonchev–Trinajstić information content (AvgIpc) is 2.30. The summed E-state index contributed by atoms with van der Waals surface area (Å²) >= 11 is 3.35. The summed E-state index contributed by atoms with van der Waals surface area (Å²) in [5.74, 6) is 1.68. The van der Waals surface area contributed by atoms with Crippen molar-refractivity contribution in [3.05, 3.63) is 16.9 Å². The van der Waals surface area contributed by atoms with Crippen molar-refractivity contribution in [1.29, 1.82) is 0 Å². The molecule has 1 atom stereocenters. The highest BCUT2D eigenvalue weighted by molar-refractivity contribution is 9.10. The SMILES string of the molecule is CCC1CCCN(c2ncc(Br)cn2)C1. The predicted molar refractivity (Wildman–Crippen MR) is 65.0 cm³/mol. The first-order valence-electron chi connectivity index (χ1n) is 5.52. The Morgan fingerprint density at radius 3 is 2.87 bits per heavy atom. The monoisotopic (exact) mass is 269 g/mol. The second-order valence-electron chi connectivity index (χ2n) is 4.06. The zero-order chi connectivity index (χ0) is 10.7. The van der Waals surface area contributed by atoms with Gasteiger partial charge >= 0.3 is 0 Å². The predicted octanol–water partition coefficient (Wildman–Crippen LogP) is 2.87. The second kappa shape index (κ2) is 4.92. The molecule has 15 heavy (non-hydrogen) atoms. The first-order chi connectivity index (χ1) is 7.29. The van der Waals surface area contributed by atoms with Gasteiger partial charge < -0.3 is 4.90 Å². The van der Waals surface area contributed by atoms with Gasteiger partial charge in [-0.15, -0.1) is 0 Å². The lowest BCUT2D eigenvalue weighted by Gasteiger charge is -2.32. The highest BCUT2D eigenvalue weighted by Gasteiger charge is 2.19. The van der Waals surface area contributed by atoms with E-state index in [-0.39, 0.29) is 0 Å². The lowest BCUT2D eigenvalue weighted by atomic mass is 9.96. The maximum atomic E-state index is 4.34. The Kier molecular flexibility index (Phi) is 3.57. The molecule has 0 aliphatic carbocycles. The van der Waals surface area contributed by atoms with E-state index >= 15 is 0 Å². The van der Waals surface area contributed by atoms with Crippen molar-refractivity contribution in [2.75, 3.05) is 18.0 Å². The smallest absolute Gasteiger partial charge is 0.225 e. The summed E-state index contributed by atoms with van der Waals surface area (Å²) in [6.07, 6.45) is 7.50. The number of rotatable bonds is 2. The van der Waals surface area contributed by atoms with Crippen LogP contribution >= 0.6 is 15.9 Å². The highest BCUT2D eigenvalue weighted by Crippen LogP contribution is 2.22. The molecule has 1 aromatic heterocycles. The molecule has 0 spiro atoms. The normalized spacial score (nSPS) is 21.7. The molecule has 0 bridgehead atoms. The third-order valence-corrected chi connectivity index (χ3v) is 3.40. The van der Waals surface area contributed by atoms with Crippen LogP contribution in [0.1, 0.15) is 26.2 Å². The summed E-state index contributed by atoms with van der Waals surface area (Å²) in [7, 11) is 0. The van der Waals surface area contributed by atoms with Crippen molar-refractivity contribution in [1.82, 2.24) is 9.97 Å². The van der Waals surface area contributed by atoms with Crippen molar-refractivity contribution >= 4 is 21.9 Å². The van der Waals surface area contributed by atoms with E-state index in [1.54, 1.807) is 0 Å². The molecule has 0 amide bonds. The molecule has 4 heteroatoms. The van der Waals surface area contributed by atoms with E-state index in [4.69, 9.17) is 0 Å². The van der Waals surface area contributed by atoms with Gasteiger partial charge in [0.2, 0.25) is 5.95 Å². The Balaban J connectivity index is 2.06. The molecule has 1 aliphatic heterocycles. The molecule has 1 unspecified atom stereocenters. The Labute approximate surface area is 99.0 Å². The van der Waals surface area contributed by atoms with Crippen LogP contribution in [0, 0.1) is 5.92 Å². The van der Waals surface area contributed by atoms with Gasteiger partial charge in [0.15, 0.2) is 0 Å². The molecule has 1 fully saturated rings. The van der Waals surface area contributed by atoms with E-state index < -0.39 is 0 Å². The van der Waals surface area contributed by atoms with Crippen LogP contribution in [0.25, 0.3) is 0 Å². The van der Waals surface area contributed by atoms with E-state index in [1.165, 1.54) is 19.3 Å². The molecule has 1 saturated heterocycles. The van der Waals surface area contributed by atoms with Crippen LogP contribution in [0.3, 0.4) is 0 Å². The molecule has 2 heterocycles. The zero-order valence-corrected chi connectivity index (χ0v) is 10.6. The molecule has 0 saturated carbocycles. The van der Waals surface area contributed by atoms with E-state index in [1.807, 2.05) is 12.4 Å². The number of halogens is 1. The zero-order valence-electron chi connectivity index (χ0n) is 8.99. The van der Waals surface area contributed by atoms with Crippen molar-refractivity contribution in [2.45, 2.75) is 26.2 Å². The van der Waals surface area contributed by atoms with E-state index in [9.17, 15) is 0 Å². The maximum Gasteiger partial charge on any atom is 0.225 e. The molecule has 3 nitrogen and oxygen atoms in total. The minimum Gasteiger partial charge on any atom is -0.341 e. The molecule has 82 valence electrons. The fourth-order valence-electron chi connectivity index (χ4n) is 2.05. The Morgan fingerprint density at radius 1 is 1.47 bits per heavy atom. The lowest BCUT2D eigenvalue weighted by Crippen LogP contribution is -2.36. The number of hydrogen-bond acceptors (Lipinski definition) is 3. The van der Waals surface area contributed by atoms with Crippen LogP contribution in [0.5, 0.6) is 0 Å². The third kappa shape index (κ3) is 2.68. The van der Waals surface area contributed by atoms with Crippen molar-refractivity contribution < 1.29 is 0 Å². The number of aromatic nitrogens is 2. The Hall–Kier alpha value is -0.640. The standard InChI is InChI=1S/C11H16BrN3/c1-2-9-4-3-5-15(8-9)11-13-6-10(12)7-14-11/h6-7,9H,2-5,8H2,1H3. The first-order valence-corrected chi connectivity index (χ1v) is 6.31. The molecule has 1 aromatic rings. The van der Waals surface area contributed by atoms with Crippen LogP contribution < -0.4 is 4.90 Å². The lowest BCUT2D eigenvalue weighted by molar-refractivity contribution is 0.401. The molecular formula is C11H16BrN3. The van der Waals surface area contributed by atoms with Crippen LogP contribution in [-0.2, 0) is 0 Å². The number of nitrogens with zero attached hydrogens (tertiary/aromatic N) is 3. The van der Waals surface area contributed by atoms with Gasteiger partial charge in [-0.2, -0.15) is 0 Å². The van der Waals surface area contributed by atoms with Gasteiger partial charge in [0.05, 0.1) is 4.47 Å². The van der Waals surface area contributed by atoms with Gasteiger partial charge in [0, 0.05) is 25.5 Å². The van der Waals surface area contributed by atoms with Gasteiger partial charge in [-0.25, -0.2) is 9.97 Å². The van der Waals surface area contributed by atoms with Gasteiger partial charge in [0.1, 0.15) is 0 Å². The van der Waals surface area contributed by atoms with Crippen LogP contribution in [0.15, 0.2) is 16.9 Å². The average molecular weight is 270 g/mol. The van der Waals surface area contributed by atoms with Gasteiger partial charge in [-0.3, -0.25) is 0 Å². The topological polar surface area (TPSA) is 29.0 Å². The fraction of sp³-hybridized carbons (Fsp3) is 0.636. The summed E-state index contributed by atoms with van der Waals surface area (Å²) in [4.78, 5) is 11.0. The van der Waals surface area contributed by atoms with Crippen LogP contribution in [0.2, 0.25) is 0 Å². The van der Waals surface area contributed by atoms with Gasteiger partial charge in [-0.1, -0.05) is 13.3 Å². The third-order valence-electron chi connectivity index (χ3n) is 2.99. The summed E-state index contributed by atoms with van der Waals surface area (Å²) in [5, 5.41) is 0. The number of piperidine rings is 1. The number of anilines is 1. The van der Waals surface area contributed by atoms with Crippen molar-refractivity contribution in [3.8, 4) is 0 Å². The van der Waals surface area contributed by atoms with E-state index in [2.05, 4.69) is 37.7 Å². The molecule has 0 aromatic carbocycles. The summed E-state index contributed by atoms with van der Waals surface area (Å²) in [6.45, 7) is 4.47. The summed E-state index contributed by atoms with van der Waals surface area (Å²) in [6, 6.07) is 0. The second-order valence-corrected chi connectivity index (χ2v) is 4.98. The summed E-state index contributed by atoms with van der Waals surface area (Å²) in [5.41, 5.74) is 0. The van der Waals surface area contributed by atoms with Gasteiger partial charge in [-0.05, 0) is 34.7 Å². The minimum absolute atomic E-state index is 0.811.